The van der Waals surface area contributed by atoms with E-state index in [-0.39, 0.29) is 12.1 Å². The number of methoxy groups -OCH3 is 1. The largest absolute Gasteiger partial charge is 0.481 e. The molecular weight excluding hydrogens is 250 g/mol. The molecule has 0 fully saturated rings. The molecule has 0 aliphatic carbocycles. The van der Waals surface area contributed by atoms with E-state index >= 15 is 0 Å². The minimum Gasteiger partial charge on any atom is -0.481 e. The van der Waals surface area contributed by atoms with Crippen LogP contribution in [0.1, 0.15) is 6.92 Å². The van der Waals surface area contributed by atoms with E-state index in [4.69, 9.17) is 9.84 Å². The topological polar surface area (TPSA) is 84.7 Å². The molecule has 1 rings (SSSR count). The summed E-state index contributed by atoms with van der Waals surface area (Å²) >= 11 is 0. The SMILES string of the molecule is COCCN(C)c1cnn(CC(C)C(=O)O)c(=O)c1. The zero-order valence-corrected chi connectivity index (χ0v) is 11.4. The van der Waals surface area contributed by atoms with Crippen molar-refractivity contribution in [2.75, 3.05) is 32.2 Å². The van der Waals surface area contributed by atoms with Gasteiger partial charge in [0.2, 0.25) is 0 Å². The van der Waals surface area contributed by atoms with Gasteiger partial charge in [-0.05, 0) is 0 Å². The van der Waals surface area contributed by atoms with Crippen LogP contribution < -0.4 is 10.5 Å². The van der Waals surface area contributed by atoms with Crippen LogP contribution in [0.2, 0.25) is 0 Å². The summed E-state index contributed by atoms with van der Waals surface area (Å²) in [5.74, 6) is -1.60. The Morgan fingerprint density at radius 3 is 2.84 bits per heavy atom. The molecule has 0 amide bonds. The van der Waals surface area contributed by atoms with Crippen LogP contribution in [0.5, 0.6) is 0 Å². The Morgan fingerprint density at radius 2 is 2.32 bits per heavy atom. The second-order valence-electron chi connectivity index (χ2n) is 4.39. The zero-order chi connectivity index (χ0) is 14.4. The molecule has 19 heavy (non-hydrogen) atoms. The number of anilines is 1. The maximum atomic E-state index is 11.8. The summed E-state index contributed by atoms with van der Waals surface area (Å²) in [6, 6.07) is 1.44. The summed E-state index contributed by atoms with van der Waals surface area (Å²) in [7, 11) is 3.44. The molecule has 106 valence electrons. The Hall–Kier alpha value is -1.89. The maximum Gasteiger partial charge on any atom is 0.308 e. The quantitative estimate of drug-likeness (QED) is 0.752. The van der Waals surface area contributed by atoms with Crippen molar-refractivity contribution >= 4 is 11.7 Å². The lowest BCUT2D eigenvalue weighted by Crippen LogP contribution is -2.30. The van der Waals surface area contributed by atoms with Crippen molar-refractivity contribution in [2.24, 2.45) is 5.92 Å². The van der Waals surface area contributed by atoms with Crippen molar-refractivity contribution in [1.29, 1.82) is 0 Å². The summed E-state index contributed by atoms with van der Waals surface area (Å²) in [6.07, 6.45) is 1.55. The van der Waals surface area contributed by atoms with Gasteiger partial charge >= 0.3 is 5.97 Å². The van der Waals surface area contributed by atoms with Crippen LogP contribution in [-0.4, -0.2) is 48.2 Å². The van der Waals surface area contributed by atoms with Gasteiger partial charge in [0, 0.05) is 26.8 Å². The van der Waals surface area contributed by atoms with E-state index in [1.807, 2.05) is 11.9 Å². The Morgan fingerprint density at radius 1 is 1.63 bits per heavy atom. The molecule has 1 unspecified atom stereocenters. The average molecular weight is 269 g/mol. The summed E-state index contributed by atoms with van der Waals surface area (Å²) < 4.78 is 6.12. The fourth-order valence-corrected chi connectivity index (χ4v) is 1.46. The van der Waals surface area contributed by atoms with E-state index < -0.39 is 11.9 Å². The molecule has 7 nitrogen and oxygen atoms in total. The molecule has 1 atom stereocenters. The summed E-state index contributed by atoms with van der Waals surface area (Å²) in [4.78, 5) is 24.4. The van der Waals surface area contributed by atoms with Crippen molar-refractivity contribution in [3.05, 3.63) is 22.6 Å². The summed E-state index contributed by atoms with van der Waals surface area (Å²) in [6.45, 7) is 2.80. The average Bonchev–Trinajstić information content (AvgIpc) is 2.37. The normalized spacial score (nSPS) is 12.2. The molecule has 1 N–H and O–H groups in total. The van der Waals surface area contributed by atoms with E-state index in [0.29, 0.717) is 18.8 Å². The van der Waals surface area contributed by atoms with Crippen LogP contribution >= 0.6 is 0 Å². The van der Waals surface area contributed by atoms with Crippen molar-refractivity contribution in [3.63, 3.8) is 0 Å². The standard InChI is InChI=1S/C12H19N3O4/c1-9(12(17)18)8-15-11(16)6-10(7-13-15)14(2)4-5-19-3/h6-7,9H,4-5,8H2,1-3H3,(H,17,18). The molecule has 1 aromatic heterocycles. The van der Waals surface area contributed by atoms with E-state index in [0.717, 1.165) is 4.68 Å². The maximum absolute atomic E-state index is 11.8. The lowest BCUT2D eigenvalue weighted by molar-refractivity contribution is -0.141. The highest BCUT2D eigenvalue weighted by atomic mass is 16.5. The van der Waals surface area contributed by atoms with Crippen LogP contribution in [0, 0.1) is 5.92 Å². The molecule has 7 heteroatoms. The number of ether oxygens (including phenoxy) is 1. The molecule has 0 aliphatic heterocycles. The van der Waals surface area contributed by atoms with Gasteiger partial charge in [-0.1, -0.05) is 6.92 Å². The second-order valence-corrected chi connectivity index (χ2v) is 4.39. The lowest BCUT2D eigenvalue weighted by Gasteiger charge is -2.18. The molecule has 1 aromatic rings. The van der Waals surface area contributed by atoms with Gasteiger partial charge in [0.1, 0.15) is 0 Å². The first-order valence-corrected chi connectivity index (χ1v) is 5.95. The Labute approximate surface area is 111 Å². The number of carbonyl (C=O) groups is 1. The van der Waals surface area contributed by atoms with Crippen molar-refractivity contribution < 1.29 is 14.6 Å². The van der Waals surface area contributed by atoms with Crippen LogP contribution in [0.15, 0.2) is 17.1 Å². The molecular formula is C12H19N3O4. The number of likely N-dealkylation sites (N-methyl/N-ethyl adjacent to an activating group) is 1. The number of rotatable bonds is 7. The van der Waals surface area contributed by atoms with Gasteiger partial charge < -0.3 is 14.7 Å². The molecule has 0 saturated heterocycles. The number of hydrogen-bond donors (Lipinski definition) is 1. The number of hydrogen-bond acceptors (Lipinski definition) is 5. The zero-order valence-electron chi connectivity index (χ0n) is 11.4. The summed E-state index contributed by atoms with van der Waals surface area (Å²) in [5.41, 5.74) is 0.371. The smallest absolute Gasteiger partial charge is 0.308 e. The highest BCUT2D eigenvalue weighted by Crippen LogP contribution is 2.07. The predicted molar refractivity (Wildman–Crippen MR) is 70.4 cm³/mol. The first-order valence-electron chi connectivity index (χ1n) is 5.95. The number of carboxylic acid groups (broad SMARTS) is 1. The van der Waals surface area contributed by atoms with Gasteiger partial charge in [-0.15, -0.1) is 0 Å². The molecule has 0 radical (unpaired) electrons. The van der Waals surface area contributed by atoms with E-state index in [1.165, 1.54) is 13.0 Å². The van der Waals surface area contributed by atoms with Crippen molar-refractivity contribution in [2.45, 2.75) is 13.5 Å². The third kappa shape index (κ3) is 4.36. The molecule has 0 bridgehead atoms. The van der Waals surface area contributed by atoms with Crippen molar-refractivity contribution in [3.8, 4) is 0 Å². The Bertz CT molecular complexity index is 486. The minimum absolute atomic E-state index is 0.0657. The first-order chi connectivity index (χ1) is 8.95. The first kappa shape index (κ1) is 15.2. The van der Waals surface area contributed by atoms with Gasteiger partial charge in [0.15, 0.2) is 0 Å². The van der Waals surface area contributed by atoms with Gasteiger partial charge in [-0.3, -0.25) is 9.59 Å². The fraction of sp³-hybridized carbons (Fsp3) is 0.583. The molecule has 0 aliphatic rings. The monoisotopic (exact) mass is 269 g/mol. The Kier molecular flexibility index (Phi) is 5.50. The van der Waals surface area contributed by atoms with E-state index in [9.17, 15) is 9.59 Å². The third-order valence-electron chi connectivity index (χ3n) is 2.80. The van der Waals surface area contributed by atoms with Crippen LogP contribution in [0.25, 0.3) is 0 Å². The number of carboxylic acids is 1. The molecule has 0 aromatic carbocycles. The highest BCUT2D eigenvalue weighted by Gasteiger charge is 2.13. The fourth-order valence-electron chi connectivity index (χ4n) is 1.46. The van der Waals surface area contributed by atoms with Gasteiger partial charge in [0.25, 0.3) is 5.56 Å². The van der Waals surface area contributed by atoms with E-state index in [1.54, 1.807) is 13.3 Å². The van der Waals surface area contributed by atoms with Crippen LogP contribution in [-0.2, 0) is 16.1 Å². The van der Waals surface area contributed by atoms with Crippen LogP contribution in [0.3, 0.4) is 0 Å². The van der Waals surface area contributed by atoms with Crippen molar-refractivity contribution in [1.82, 2.24) is 9.78 Å². The van der Waals surface area contributed by atoms with Gasteiger partial charge in [-0.2, -0.15) is 5.10 Å². The number of aromatic nitrogens is 2. The van der Waals surface area contributed by atoms with Gasteiger partial charge in [-0.25, -0.2) is 4.68 Å². The van der Waals surface area contributed by atoms with Gasteiger partial charge in [0.05, 0.1) is 31.0 Å². The number of aliphatic carboxylic acids is 1. The van der Waals surface area contributed by atoms with E-state index in [2.05, 4.69) is 5.10 Å². The minimum atomic E-state index is -0.949. The van der Waals surface area contributed by atoms with Crippen LogP contribution in [0.4, 0.5) is 5.69 Å². The second kappa shape index (κ2) is 6.89. The third-order valence-corrected chi connectivity index (χ3v) is 2.80. The molecule has 0 spiro atoms. The number of nitrogens with zero attached hydrogens (tertiary/aromatic N) is 3. The highest BCUT2D eigenvalue weighted by molar-refractivity contribution is 5.69. The Balaban J connectivity index is 2.80. The summed E-state index contributed by atoms with van der Waals surface area (Å²) in [5, 5.41) is 12.8. The molecule has 1 heterocycles. The predicted octanol–water partition coefficient (Wildman–Crippen LogP) is 0.0466. The molecule has 0 saturated carbocycles. The lowest BCUT2D eigenvalue weighted by atomic mass is 10.2.